The molecule has 0 saturated carbocycles. The Bertz CT molecular complexity index is 406. The van der Waals surface area contributed by atoms with Crippen LogP contribution in [0.3, 0.4) is 0 Å². The fraction of sp³-hybridized carbons (Fsp3) is 0.600. The molecule has 0 radical (unpaired) electrons. The second-order valence-electron chi connectivity index (χ2n) is 4.90. The zero-order chi connectivity index (χ0) is 14.3. The number of hydrogen-bond acceptors (Lipinski definition) is 2. The number of phenolic OH excluding ortho intramolecular Hbond substituents is 2. The lowest BCUT2D eigenvalue weighted by Gasteiger charge is -2.09. The van der Waals surface area contributed by atoms with E-state index in [9.17, 15) is 10.2 Å². The second kappa shape index (κ2) is 8.85. The summed E-state index contributed by atoms with van der Waals surface area (Å²) in [5.74, 6) is 0.215. The highest BCUT2D eigenvalue weighted by Crippen LogP contribution is 2.41. The Labute approximate surface area is 132 Å². The van der Waals surface area contributed by atoms with Gasteiger partial charge in [0.1, 0.15) is 16.0 Å². The maximum Gasteiger partial charge on any atom is 0.147 e. The Morgan fingerprint density at radius 2 is 1.47 bits per heavy atom. The highest BCUT2D eigenvalue weighted by atomic mass is 79.9. The van der Waals surface area contributed by atoms with E-state index in [0.717, 1.165) is 18.4 Å². The Balaban J connectivity index is 2.38. The number of halogens is 2. The molecule has 19 heavy (non-hydrogen) atoms. The summed E-state index contributed by atoms with van der Waals surface area (Å²) in [6, 6.07) is 1.80. The van der Waals surface area contributed by atoms with Crippen LogP contribution >= 0.6 is 31.9 Å². The number of unbranched alkanes of at least 4 members (excludes halogenated alkanes) is 6. The normalized spacial score (nSPS) is 10.9. The molecule has 108 valence electrons. The van der Waals surface area contributed by atoms with Crippen LogP contribution in [0.15, 0.2) is 15.0 Å². The largest absolute Gasteiger partial charge is 0.506 e. The molecule has 4 heteroatoms. The van der Waals surface area contributed by atoms with E-state index in [0.29, 0.717) is 8.95 Å². The molecular formula is C15H22Br2O2. The van der Waals surface area contributed by atoms with Crippen molar-refractivity contribution in [2.24, 2.45) is 0 Å². The number of benzene rings is 1. The second-order valence-corrected chi connectivity index (χ2v) is 6.55. The van der Waals surface area contributed by atoms with Crippen LogP contribution in [0, 0.1) is 0 Å². The molecular weight excluding hydrogens is 372 g/mol. The molecule has 0 aliphatic rings. The summed E-state index contributed by atoms with van der Waals surface area (Å²) in [5, 5.41) is 19.6. The highest BCUT2D eigenvalue weighted by molar-refractivity contribution is 9.11. The van der Waals surface area contributed by atoms with Gasteiger partial charge in [0, 0.05) is 0 Å². The summed E-state index contributed by atoms with van der Waals surface area (Å²) in [4.78, 5) is 0. The van der Waals surface area contributed by atoms with Crippen LogP contribution < -0.4 is 0 Å². The van der Waals surface area contributed by atoms with Crippen LogP contribution in [-0.2, 0) is 6.42 Å². The summed E-state index contributed by atoms with van der Waals surface area (Å²) in [5.41, 5.74) is 0.880. The van der Waals surface area contributed by atoms with Gasteiger partial charge >= 0.3 is 0 Å². The first-order chi connectivity index (χ1) is 9.07. The lowest BCUT2D eigenvalue weighted by atomic mass is 10.0. The van der Waals surface area contributed by atoms with Crippen molar-refractivity contribution in [3.05, 3.63) is 20.6 Å². The molecule has 0 saturated heterocycles. The van der Waals surface area contributed by atoms with Crippen LogP contribution in [0.25, 0.3) is 0 Å². The van der Waals surface area contributed by atoms with Gasteiger partial charge in [0.05, 0.1) is 4.47 Å². The summed E-state index contributed by atoms with van der Waals surface area (Å²) in [7, 11) is 0. The number of hydrogen-bond donors (Lipinski definition) is 2. The minimum absolute atomic E-state index is 0.0563. The monoisotopic (exact) mass is 392 g/mol. The maximum absolute atomic E-state index is 9.95. The van der Waals surface area contributed by atoms with Gasteiger partial charge in [-0.25, -0.2) is 0 Å². The average molecular weight is 394 g/mol. The third kappa shape index (κ3) is 5.35. The molecule has 0 atom stereocenters. The zero-order valence-electron chi connectivity index (χ0n) is 11.4. The van der Waals surface area contributed by atoms with Crippen LogP contribution in [0.1, 0.15) is 57.4 Å². The summed E-state index contributed by atoms with van der Waals surface area (Å²) < 4.78 is 0.995. The first-order valence-electron chi connectivity index (χ1n) is 6.96. The van der Waals surface area contributed by atoms with Gasteiger partial charge in [-0.1, -0.05) is 45.4 Å². The summed E-state index contributed by atoms with van der Waals surface area (Å²) in [6.07, 6.45) is 9.63. The molecule has 0 aromatic heterocycles. The van der Waals surface area contributed by atoms with Crippen molar-refractivity contribution in [2.45, 2.75) is 58.3 Å². The fourth-order valence-corrected chi connectivity index (χ4v) is 3.32. The molecule has 1 aromatic carbocycles. The molecule has 0 unspecified atom stereocenters. The van der Waals surface area contributed by atoms with Gasteiger partial charge in [-0.05, 0) is 56.3 Å². The topological polar surface area (TPSA) is 40.5 Å². The van der Waals surface area contributed by atoms with E-state index >= 15 is 0 Å². The van der Waals surface area contributed by atoms with E-state index in [4.69, 9.17) is 0 Å². The lowest BCUT2D eigenvalue weighted by molar-refractivity contribution is 0.436. The van der Waals surface area contributed by atoms with Crippen molar-refractivity contribution in [2.75, 3.05) is 0 Å². The minimum atomic E-state index is 0.0563. The molecule has 2 nitrogen and oxygen atoms in total. The predicted octanol–water partition coefficient (Wildman–Crippen LogP) is 5.92. The van der Waals surface area contributed by atoms with Gasteiger partial charge in [0.25, 0.3) is 0 Å². The van der Waals surface area contributed by atoms with E-state index in [1.165, 1.54) is 38.5 Å². The first kappa shape index (κ1) is 16.8. The van der Waals surface area contributed by atoms with Crippen molar-refractivity contribution < 1.29 is 10.2 Å². The van der Waals surface area contributed by atoms with Crippen molar-refractivity contribution in [3.8, 4) is 11.5 Å². The van der Waals surface area contributed by atoms with Crippen molar-refractivity contribution in [1.29, 1.82) is 0 Å². The van der Waals surface area contributed by atoms with Crippen LogP contribution in [0.2, 0.25) is 0 Å². The predicted molar refractivity (Wildman–Crippen MR) is 86.9 cm³/mol. The number of aromatic hydroxyl groups is 2. The van der Waals surface area contributed by atoms with Crippen molar-refractivity contribution in [1.82, 2.24) is 0 Å². The zero-order valence-corrected chi connectivity index (χ0v) is 14.6. The molecule has 0 fully saturated rings. The lowest BCUT2D eigenvalue weighted by Crippen LogP contribution is -1.89. The third-order valence-corrected chi connectivity index (χ3v) is 4.65. The molecule has 2 N–H and O–H groups in total. The Hall–Kier alpha value is -0.220. The molecule has 0 bridgehead atoms. The van der Waals surface area contributed by atoms with Gasteiger partial charge in [-0.3, -0.25) is 0 Å². The SMILES string of the molecule is CCCCCCCCCc1cc(Br)c(O)c(Br)c1O. The quantitative estimate of drug-likeness (QED) is 0.538. The minimum Gasteiger partial charge on any atom is -0.506 e. The number of aryl methyl sites for hydroxylation is 1. The molecule has 0 aliphatic carbocycles. The number of rotatable bonds is 8. The van der Waals surface area contributed by atoms with Crippen LogP contribution in [-0.4, -0.2) is 10.2 Å². The smallest absolute Gasteiger partial charge is 0.147 e. The number of phenols is 2. The van der Waals surface area contributed by atoms with E-state index in [2.05, 4.69) is 38.8 Å². The Kier molecular flexibility index (Phi) is 7.84. The highest BCUT2D eigenvalue weighted by Gasteiger charge is 2.13. The van der Waals surface area contributed by atoms with Gasteiger partial charge in [-0.2, -0.15) is 0 Å². The van der Waals surface area contributed by atoms with Crippen molar-refractivity contribution in [3.63, 3.8) is 0 Å². The fourth-order valence-electron chi connectivity index (χ4n) is 2.11. The van der Waals surface area contributed by atoms with Crippen LogP contribution in [0.5, 0.6) is 11.5 Å². The van der Waals surface area contributed by atoms with Gasteiger partial charge < -0.3 is 10.2 Å². The van der Waals surface area contributed by atoms with Crippen molar-refractivity contribution >= 4 is 31.9 Å². The molecule has 0 spiro atoms. The van der Waals surface area contributed by atoms with E-state index < -0.39 is 0 Å². The average Bonchev–Trinajstić information content (AvgIpc) is 2.41. The molecule has 0 heterocycles. The Morgan fingerprint density at radius 3 is 2.11 bits per heavy atom. The van der Waals surface area contributed by atoms with E-state index in [-0.39, 0.29) is 11.5 Å². The van der Waals surface area contributed by atoms with Crippen LogP contribution in [0.4, 0.5) is 0 Å². The Morgan fingerprint density at radius 1 is 0.895 bits per heavy atom. The third-order valence-electron chi connectivity index (χ3n) is 3.30. The van der Waals surface area contributed by atoms with Gasteiger partial charge in [0.15, 0.2) is 0 Å². The van der Waals surface area contributed by atoms with Gasteiger partial charge in [-0.15, -0.1) is 0 Å². The molecule has 1 rings (SSSR count). The molecule has 0 amide bonds. The summed E-state index contributed by atoms with van der Waals surface area (Å²) in [6.45, 7) is 2.23. The van der Waals surface area contributed by atoms with Gasteiger partial charge in [0.2, 0.25) is 0 Å². The first-order valence-corrected chi connectivity index (χ1v) is 8.55. The van der Waals surface area contributed by atoms with E-state index in [1.54, 1.807) is 6.07 Å². The molecule has 1 aromatic rings. The van der Waals surface area contributed by atoms with E-state index in [1.807, 2.05) is 0 Å². The maximum atomic E-state index is 9.95. The summed E-state index contributed by atoms with van der Waals surface area (Å²) >= 11 is 6.49. The molecule has 0 aliphatic heterocycles. The standard InChI is InChI=1S/C15H22Br2O2/c1-2-3-4-5-6-7-8-9-11-10-12(16)15(19)13(17)14(11)18/h10,18-19H,2-9H2,1H3.